The van der Waals surface area contributed by atoms with Gasteiger partial charge in [-0.3, -0.25) is 33.7 Å². The molecule has 7 aliphatic heterocycles. The average Bonchev–Trinajstić information content (AvgIpc) is 1.64. The fourth-order valence-electron chi connectivity index (χ4n) is 20.9. The summed E-state index contributed by atoms with van der Waals surface area (Å²) in [6, 6.07) is 29.4. The number of nitrogens with one attached hydrogen (secondary N) is 2. The molecule has 0 bridgehead atoms. The number of alkyl halides is 1. The van der Waals surface area contributed by atoms with Gasteiger partial charge in [0.1, 0.15) is 35.4 Å². The molecule has 6 fully saturated rings. The Morgan fingerprint density at radius 2 is 0.964 bits per heavy atom. The minimum Gasteiger partial charge on any atom is -0.458 e. The lowest BCUT2D eigenvalue weighted by Crippen LogP contribution is -2.62. The summed E-state index contributed by atoms with van der Waals surface area (Å²) in [7, 11) is 10.3. The molecule has 1 aromatic heterocycles. The molecule has 39 heteroatoms. The number of aryl methyl sites for hydroxylation is 1. The highest BCUT2D eigenvalue weighted by Crippen LogP contribution is 2.48. The summed E-state index contributed by atoms with van der Waals surface area (Å²) in [6.45, 7) is 27.9. The molecule has 0 saturated carbocycles. The van der Waals surface area contributed by atoms with E-state index in [1.807, 2.05) is 119 Å². The number of nitrogens with two attached hydrogens (primary N) is 2. The van der Waals surface area contributed by atoms with Crippen LogP contribution >= 0.6 is 0 Å². The second kappa shape index (κ2) is 48.8. The Hall–Kier alpha value is -10.5. The van der Waals surface area contributed by atoms with Crippen LogP contribution in [0.5, 0.6) is 0 Å². The number of rotatable bonds is 26. The zero-order valence-corrected chi connectivity index (χ0v) is 84.2. The number of hydrogen-bond acceptors (Lipinski definition) is 31. The van der Waals surface area contributed by atoms with Gasteiger partial charge in [0.15, 0.2) is 47.6 Å². The number of likely N-dealkylation sites (N-methyl/N-ethyl adjacent to an activating group) is 2. The molecule has 0 radical (unpaired) electrons. The standard InChI is InChI=1S/C50H69FN6O11.C50H72N6O11.4H2O/c1-12-38-50(8)41(57(47(62)68-50)24-17-16-23-56-28-36(53-54-56)34-21-18-22-35(52)26-34)31(4)39(58)29(2)27-48(6,63-11)43(32(5)42(59)49(7,51)46(61)65-38)67-45-40(37(55(9)10)25-30(3)64-45)66-44(60)33-19-14-13-15-20-33;1-12-39-50(8)43(56(48(61)67-50)24-17-16-23-55-28-37(52-53-55)35-21-18-22-36(51)26-35)31(4)40(57)29(2)27-49(7,62-11)44(32(5)41(58)33(6)45(59)64-39)66-47-42(38(54(9)10)25-30(3)63-47)65-46(60)34-19-14-13-15-20-34;;;;/h13-15,18-22,26,28-32,37-38,40-41,43,45H,12,16-17,23-25,27,52H2,1-11H3;13-15,18-22,26,28-33,38-39,42-44,47,52-53H,12,16-17,23-25,27,51H2,1-11H3;4*1H2/t29-,30-,31+,32+,37+,38?,40-,41?,43-,45?,48+,49+,50-;29-,30-,31+,32+,33-,38+,39?,42-,43?,44-,47?,49+,50-;;;;/m11..../s1. The van der Waals surface area contributed by atoms with E-state index >= 15 is 4.39 Å². The number of Topliss-reactive ketones (excluding diaryl/α,β-unsaturated/α-hetero) is 4. The molecule has 139 heavy (non-hydrogen) atoms. The molecule has 2 amide bonds. The number of ketones is 4. The van der Waals surface area contributed by atoms with Gasteiger partial charge in [-0.2, -0.15) is 0 Å². The van der Waals surface area contributed by atoms with Crippen molar-refractivity contribution in [3.05, 3.63) is 138 Å². The topological polar surface area (TPSA) is 530 Å². The molecule has 6 unspecified atom stereocenters. The van der Waals surface area contributed by atoms with Crippen LogP contribution in [0.3, 0.4) is 0 Å². The van der Waals surface area contributed by atoms with Gasteiger partial charge < -0.3 is 115 Å². The second-order valence-corrected chi connectivity index (χ2v) is 39.0. The number of amides is 2. The first kappa shape index (κ1) is 115. The van der Waals surface area contributed by atoms with Crippen molar-refractivity contribution in [2.75, 3.05) is 73.5 Å². The highest BCUT2D eigenvalue weighted by molar-refractivity contribution is 6.08. The van der Waals surface area contributed by atoms with Crippen LogP contribution in [-0.4, -0.2) is 296 Å². The number of esters is 4. The number of hydrogen-bond donors (Lipinski definition) is 4. The highest BCUT2D eigenvalue weighted by Gasteiger charge is 2.64. The molecule has 0 spiro atoms. The van der Waals surface area contributed by atoms with Gasteiger partial charge >= 0.3 is 36.1 Å². The van der Waals surface area contributed by atoms with Crippen molar-refractivity contribution in [1.29, 1.82) is 0 Å². The van der Waals surface area contributed by atoms with E-state index in [-0.39, 0.29) is 84.4 Å². The number of cyclic esters (lactones) is 2. The Labute approximate surface area is 813 Å². The van der Waals surface area contributed by atoms with Gasteiger partial charge in [-0.1, -0.05) is 121 Å². The first-order chi connectivity index (χ1) is 63.8. The summed E-state index contributed by atoms with van der Waals surface area (Å²) in [5.41, 5.74) is 14.3. The number of hydrazine groups is 2. The van der Waals surface area contributed by atoms with E-state index in [4.69, 9.17) is 68.3 Å². The molecular weight excluding hydrogens is 1800 g/mol. The quantitative estimate of drug-likeness (QED) is 0.0132. The molecule has 26 atom stereocenters. The van der Waals surface area contributed by atoms with E-state index in [1.54, 1.807) is 146 Å². The first-order valence-electron chi connectivity index (χ1n) is 47.2. The number of methoxy groups -OCH3 is 2. The predicted octanol–water partition coefficient (Wildman–Crippen LogP) is 8.91. The molecule has 4 aromatic carbocycles. The Bertz CT molecular complexity index is 5020. The Morgan fingerprint density at radius 3 is 1.40 bits per heavy atom. The third-order valence-electron chi connectivity index (χ3n) is 28.4. The van der Waals surface area contributed by atoms with Crippen LogP contribution < -0.4 is 22.4 Å². The molecule has 7 aliphatic rings. The van der Waals surface area contributed by atoms with Crippen LogP contribution in [0.4, 0.5) is 25.4 Å². The molecule has 38 nitrogen and oxygen atoms in total. The van der Waals surface area contributed by atoms with Crippen LogP contribution in [-0.2, 0) is 92.2 Å². The van der Waals surface area contributed by atoms with Gasteiger partial charge in [0.05, 0.1) is 82.8 Å². The maximum absolute atomic E-state index is 17.2. The first-order valence-corrected chi connectivity index (χ1v) is 47.2. The number of fused-ring (bicyclic) bond motifs is 2. The number of anilines is 2. The van der Waals surface area contributed by atoms with Gasteiger partial charge in [-0.05, 0) is 196 Å². The van der Waals surface area contributed by atoms with E-state index in [9.17, 15) is 47.9 Å². The maximum atomic E-state index is 17.2. The molecule has 772 valence electrons. The number of benzene rings is 4. The van der Waals surface area contributed by atoms with Gasteiger partial charge in [0.2, 0.25) is 0 Å². The normalized spacial score (nSPS) is 33.1. The highest BCUT2D eigenvalue weighted by atomic mass is 19.1. The molecule has 8 heterocycles. The SMILES string of the molecule is CCC1OC(=O)[C@@](C)(F)C(=O)[C@H](C)[C@@H](OC2O[C@H](C)C[C@H](N(C)C)[C@H]2OC(=O)c2ccccc2)[C@@](C)(OC)C[C@@H](C)C(=O)[C@H](C)C2N(CCCCn3cc(-c4cccc(N)c4)nn3)C(=O)O[C@]12C.CCC1OC(=O)[C@H](C)C(=O)[C@H](C)[C@@H](OC2O[C@H](C)C[C@H](N(C)C)[C@H]2OC(=O)c2ccccc2)[C@@](C)(OC)C[C@@H](C)C(=O)[C@H](C)C2N(CCCCN3C=C(c4cccc(N)c4)NN3)C(=O)O[C@]12C.O.O.O.O. The summed E-state index contributed by atoms with van der Waals surface area (Å²) in [6.07, 6.45) is -4.04. The number of ether oxygens (including phenoxy) is 12. The number of halogens is 1. The fourth-order valence-corrected chi connectivity index (χ4v) is 20.9. The second-order valence-electron chi connectivity index (χ2n) is 39.0. The van der Waals surface area contributed by atoms with Gasteiger partial charge in [0, 0.05) is 105 Å². The summed E-state index contributed by atoms with van der Waals surface area (Å²) in [5, 5.41) is 10.5. The third-order valence-corrected chi connectivity index (χ3v) is 28.4. The molecule has 14 N–H and O–H groups in total. The van der Waals surface area contributed by atoms with Crippen molar-refractivity contribution in [2.45, 2.75) is 295 Å². The Kier molecular flexibility index (Phi) is 40.5. The molecule has 6 saturated heterocycles. The monoisotopic (exact) mass is 1950 g/mol. The van der Waals surface area contributed by atoms with E-state index in [2.05, 4.69) is 21.3 Å². The van der Waals surface area contributed by atoms with Crippen molar-refractivity contribution >= 4 is 76.3 Å². The van der Waals surface area contributed by atoms with Crippen LogP contribution in [0, 0.1) is 41.4 Å². The minimum absolute atomic E-state index is 0. The van der Waals surface area contributed by atoms with Crippen molar-refractivity contribution in [2.24, 2.45) is 41.4 Å². The minimum atomic E-state index is -3.24. The number of nitrogens with zero attached hydrogens (tertiary/aromatic N) is 8. The number of unbranched alkanes of at least 4 members (excludes halogenated alkanes) is 2. The molecular formula is C100H149FN12O26. The zero-order chi connectivity index (χ0) is 98.8. The summed E-state index contributed by atoms with van der Waals surface area (Å²) < 4.78 is 94.8. The van der Waals surface area contributed by atoms with Crippen molar-refractivity contribution in [3.8, 4) is 11.3 Å². The summed E-state index contributed by atoms with van der Waals surface area (Å²) in [4.78, 5) is 150. The summed E-state index contributed by atoms with van der Waals surface area (Å²) >= 11 is 0. The van der Waals surface area contributed by atoms with Crippen molar-refractivity contribution < 1.29 is 131 Å². The lowest BCUT2D eigenvalue weighted by Gasteiger charge is -2.48. The number of carbonyl (C=O) groups excluding carboxylic acids is 10. The van der Waals surface area contributed by atoms with Crippen molar-refractivity contribution in [3.63, 3.8) is 0 Å². The van der Waals surface area contributed by atoms with Crippen LogP contribution in [0.25, 0.3) is 17.0 Å². The van der Waals surface area contributed by atoms with Crippen LogP contribution in [0.2, 0.25) is 0 Å². The van der Waals surface area contributed by atoms with E-state index in [1.165, 1.54) is 33.0 Å². The molecule has 12 rings (SSSR count). The van der Waals surface area contributed by atoms with Crippen LogP contribution in [0.15, 0.2) is 122 Å². The van der Waals surface area contributed by atoms with E-state index < -0.39 is 191 Å². The number of aromatic nitrogens is 3. The summed E-state index contributed by atoms with van der Waals surface area (Å²) in [5.74, 6) is -12.5. The maximum Gasteiger partial charge on any atom is 0.410 e. The lowest BCUT2D eigenvalue weighted by atomic mass is 9.73. The number of carbonyl (C=O) groups is 10. The largest absolute Gasteiger partial charge is 0.458 e. The van der Waals surface area contributed by atoms with Gasteiger partial charge in [0.25, 0.3) is 5.67 Å². The molecule has 0 aliphatic carbocycles. The lowest BCUT2D eigenvalue weighted by molar-refractivity contribution is -0.295. The Balaban J connectivity index is 0.000000368. The molecule has 5 aromatic rings. The smallest absolute Gasteiger partial charge is 0.410 e. The van der Waals surface area contributed by atoms with Crippen molar-refractivity contribution in [1.82, 2.24) is 50.6 Å². The Morgan fingerprint density at radius 1 is 0.540 bits per heavy atom. The average molecular weight is 1950 g/mol. The van der Waals surface area contributed by atoms with Gasteiger partial charge in [-0.15, -0.1) is 10.6 Å². The zero-order valence-electron chi connectivity index (χ0n) is 84.2. The van der Waals surface area contributed by atoms with Gasteiger partial charge in [-0.25, -0.2) is 28.4 Å². The van der Waals surface area contributed by atoms with E-state index in [0.717, 1.165) is 23.7 Å². The fraction of sp³-hybridized carbons (Fsp3) is 0.620. The van der Waals surface area contributed by atoms with Crippen LogP contribution in [0.1, 0.15) is 201 Å². The van der Waals surface area contributed by atoms with E-state index in [0.29, 0.717) is 79.8 Å². The predicted molar refractivity (Wildman–Crippen MR) is 513 cm³/mol. The number of nitrogen functional groups attached to an aromatic ring is 2. The third kappa shape index (κ3) is 25.7.